The number of para-hydroxylation sites is 1. The Morgan fingerprint density at radius 1 is 1.22 bits per heavy atom. The number of benzene rings is 2. The highest BCUT2D eigenvalue weighted by atomic mass is 35.5. The number of nitrogens with one attached hydrogen (secondary N) is 2. The molecule has 190 valence electrons. The largest absolute Gasteiger partial charge is 0.490 e. The number of nitrogens with zero attached hydrogens (tertiary/aromatic N) is 2. The minimum Gasteiger partial charge on any atom is -0.490 e. The Morgan fingerprint density at radius 2 is 1.92 bits per heavy atom. The van der Waals surface area contributed by atoms with Crippen LogP contribution in [0.5, 0.6) is 5.75 Å². The molecule has 1 atom stereocenters. The predicted octanol–water partition coefficient (Wildman–Crippen LogP) is 4.46. The minimum atomic E-state index is -0.749. The van der Waals surface area contributed by atoms with Crippen LogP contribution in [0.15, 0.2) is 53.3 Å². The molecule has 0 radical (unpaired) electrons. The highest BCUT2D eigenvalue weighted by Gasteiger charge is 2.34. The molecule has 1 fully saturated rings. The summed E-state index contributed by atoms with van der Waals surface area (Å²) in [6.07, 6.45) is 2.21. The van der Waals surface area contributed by atoms with Crippen molar-refractivity contribution >= 4 is 29.5 Å². The van der Waals surface area contributed by atoms with Crippen LogP contribution in [0.1, 0.15) is 49.2 Å². The number of carbonyl (C=O) groups is 2. The Balaban J connectivity index is 1.69. The topological polar surface area (TPSA) is 94.4 Å². The Hall–Kier alpha value is -3.52. The van der Waals surface area contributed by atoms with Crippen molar-refractivity contribution in [2.45, 2.75) is 52.3 Å². The molecule has 0 aliphatic heterocycles. The minimum absolute atomic E-state index is 0.0987. The van der Waals surface area contributed by atoms with Gasteiger partial charge in [-0.1, -0.05) is 43.6 Å². The zero-order valence-electron chi connectivity index (χ0n) is 20.9. The zero-order chi connectivity index (χ0) is 26.0. The van der Waals surface area contributed by atoms with Crippen LogP contribution in [0.4, 0.5) is 5.69 Å². The van der Waals surface area contributed by atoms with Crippen molar-refractivity contribution < 1.29 is 14.3 Å². The molecule has 2 N–H and O–H groups in total. The highest BCUT2D eigenvalue weighted by Crippen LogP contribution is 2.32. The first kappa shape index (κ1) is 25.6. The molecule has 9 heteroatoms. The Morgan fingerprint density at radius 3 is 2.56 bits per heavy atom. The molecular formula is C27H31ClN4O4. The summed E-state index contributed by atoms with van der Waals surface area (Å²) in [6.45, 7) is 5.53. The number of carbonyl (C=O) groups excluding carboxylic acids is 2. The van der Waals surface area contributed by atoms with Gasteiger partial charge in [-0.25, -0.2) is 4.68 Å². The van der Waals surface area contributed by atoms with Crippen molar-refractivity contribution in [1.29, 1.82) is 0 Å². The molecular weight excluding hydrogens is 480 g/mol. The van der Waals surface area contributed by atoms with E-state index in [9.17, 15) is 14.4 Å². The summed E-state index contributed by atoms with van der Waals surface area (Å²) in [5, 5.41) is 6.63. The van der Waals surface area contributed by atoms with Crippen LogP contribution in [-0.2, 0) is 11.8 Å². The number of halogens is 1. The lowest BCUT2D eigenvalue weighted by Crippen LogP contribution is -2.51. The molecule has 0 spiro atoms. The first-order valence-corrected chi connectivity index (χ1v) is 12.3. The summed E-state index contributed by atoms with van der Waals surface area (Å²) < 4.78 is 9.23. The van der Waals surface area contributed by atoms with Gasteiger partial charge >= 0.3 is 0 Å². The van der Waals surface area contributed by atoms with Crippen LogP contribution in [0.25, 0.3) is 5.69 Å². The average Bonchev–Trinajstić information content (AvgIpc) is 3.63. The number of aromatic nitrogens is 2. The zero-order valence-corrected chi connectivity index (χ0v) is 21.6. The summed E-state index contributed by atoms with van der Waals surface area (Å²) in [4.78, 5) is 38.4. The molecule has 1 aromatic heterocycles. The number of hydrogen-bond donors (Lipinski definition) is 2. The van der Waals surface area contributed by atoms with Crippen molar-refractivity contribution in [3.63, 3.8) is 0 Å². The van der Waals surface area contributed by atoms with E-state index < -0.39 is 17.5 Å². The van der Waals surface area contributed by atoms with Gasteiger partial charge in [-0.2, -0.15) is 0 Å². The maximum Gasteiger partial charge on any atom is 0.295 e. The van der Waals surface area contributed by atoms with Crippen molar-refractivity contribution in [1.82, 2.24) is 14.7 Å². The maximum atomic E-state index is 13.5. The van der Waals surface area contributed by atoms with Gasteiger partial charge in [-0.15, -0.1) is 0 Å². The van der Waals surface area contributed by atoms with Crippen LogP contribution in [0.2, 0.25) is 5.02 Å². The molecule has 1 unspecified atom stereocenters. The Bertz CT molecular complexity index is 1330. The van der Waals surface area contributed by atoms with E-state index in [1.54, 1.807) is 34.6 Å². The molecule has 1 heterocycles. The lowest BCUT2D eigenvalue weighted by atomic mass is 9.85. The van der Waals surface area contributed by atoms with Gasteiger partial charge in [0, 0.05) is 23.9 Å². The summed E-state index contributed by atoms with van der Waals surface area (Å²) >= 11 is 6.19. The van der Waals surface area contributed by atoms with E-state index in [0.29, 0.717) is 27.7 Å². The van der Waals surface area contributed by atoms with E-state index in [1.807, 2.05) is 51.1 Å². The SMILES string of the molecule is Cc1c(NC(NC(=O)c2cc(Cl)ccc2OC2CC2)C(C)(C)CC=O)c(=O)n(-c2ccccc2)n1C. The fourth-order valence-corrected chi connectivity index (χ4v) is 4.17. The third kappa shape index (κ3) is 5.33. The van der Waals surface area contributed by atoms with Crippen LogP contribution in [-0.4, -0.2) is 33.8 Å². The first-order valence-electron chi connectivity index (χ1n) is 11.9. The van der Waals surface area contributed by atoms with Crippen molar-refractivity contribution in [2.75, 3.05) is 5.32 Å². The fourth-order valence-electron chi connectivity index (χ4n) is 4.00. The number of rotatable bonds is 10. The van der Waals surface area contributed by atoms with Crippen LogP contribution in [0, 0.1) is 12.3 Å². The second kappa shape index (κ2) is 10.2. The second-order valence-electron chi connectivity index (χ2n) is 9.80. The lowest BCUT2D eigenvalue weighted by Gasteiger charge is -2.34. The summed E-state index contributed by atoms with van der Waals surface area (Å²) in [5.74, 6) is 0.0373. The number of amides is 1. The van der Waals surface area contributed by atoms with E-state index in [2.05, 4.69) is 10.6 Å². The molecule has 0 saturated heterocycles. The second-order valence-corrected chi connectivity index (χ2v) is 10.2. The molecule has 3 aromatic rings. The molecule has 1 amide bonds. The van der Waals surface area contributed by atoms with Crippen molar-refractivity contribution in [3.05, 3.63) is 75.2 Å². The Kier molecular flexibility index (Phi) is 7.26. The fraction of sp³-hybridized carbons (Fsp3) is 0.370. The molecule has 36 heavy (non-hydrogen) atoms. The van der Waals surface area contributed by atoms with Crippen LogP contribution < -0.4 is 20.9 Å². The number of anilines is 1. The van der Waals surface area contributed by atoms with Gasteiger partial charge in [-0.05, 0) is 50.1 Å². The van der Waals surface area contributed by atoms with Crippen LogP contribution >= 0.6 is 11.6 Å². The van der Waals surface area contributed by atoms with Crippen LogP contribution in [0.3, 0.4) is 0 Å². The van der Waals surface area contributed by atoms with Gasteiger partial charge in [0.25, 0.3) is 11.5 Å². The molecule has 1 aliphatic rings. The summed E-state index contributed by atoms with van der Waals surface area (Å²) in [7, 11) is 1.80. The molecule has 0 bridgehead atoms. The number of hydrogen-bond acceptors (Lipinski definition) is 5. The predicted molar refractivity (Wildman–Crippen MR) is 140 cm³/mol. The molecule has 1 aliphatic carbocycles. The molecule has 2 aromatic carbocycles. The molecule has 8 nitrogen and oxygen atoms in total. The van der Waals surface area contributed by atoms with E-state index in [1.165, 1.54) is 0 Å². The third-order valence-electron chi connectivity index (χ3n) is 6.51. The first-order chi connectivity index (χ1) is 17.1. The molecule has 4 rings (SSSR count). The van der Waals surface area contributed by atoms with Gasteiger partial charge in [0.1, 0.15) is 23.9 Å². The van der Waals surface area contributed by atoms with Crippen molar-refractivity contribution in [3.8, 4) is 11.4 Å². The standard InChI is InChI=1S/C27H31ClN4O4/c1-17-23(25(35)32(31(17)4)19-8-6-5-7-9-19)29-26(27(2,3)14-15-33)30-24(34)21-16-18(28)10-13-22(21)36-20-11-12-20/h5-10,13,15-16,20,26,29H,11-12,14H2,1-4H3,(H,30,34). The quantitative estimate of drug-likeness (QED) is 0.310. The summed E-state index contributed by atoms with van der Waals surface area (Å²) in [6, 6.07) is 14.2. The number of ether oxygens (including phenoxy) is 1. The van der Waals surface area contributed by atoms with Gasteiger partial charge in [-0.3, -0.25) is 14.3 Å². The lowest BCUT2D eigenvalue weighted by molar-refractivity contribution is -0.109. The molecule has 1 saturated carbocycles. The summed E-state index contributed by atoms with van der Waals surface area (Å²) in [5.41, 5.74) is 1.06. The maximum absolute atomic E-state index is 13.5. The normalized spacial score (nSPS) is 14.2. The average molecular weight is 511 g/mol. The van der Waals surface area contributed by atoms with Gasteiger partial charge in [0.2, 0.25) is 0 Å². The highest BCUT2D eigenvalue weighted by molar-refractivity contribution is 6.31. The monoisotopic (exact) mass is 510 g/mol. The third-order valence-corrected chi connectivity index (χ3v) is 6.75. The van der Waals surface area contributed by atoms with Crippen molar-refractivity contribution in [2.24, 2.45) is 12.5 Å². The van der Waals surface area contributed by atoms with Gasteiger partial charge in [0.05, 0.1) is 23.0 Å². The van der Waals surface area contributed by atoms with E-state index >= 15 is 0 Å². The smallest absolute Gasteiger partial charge is 0.295 e. The van der Waals surface area contributed by atoms with E-state index in [4.69, 9.17) is 16.3 Å². The Labute approximate surface area is 215 Å². The van der Waals surface area contributed by atoms with Gasteiger partial charge in [0.15, 0.2) is 0 Å². The van der Waals surface area contributed by atoms with E-state index in [-0.39, 0.29) is 18.1 Å². The van der Waals surface area contributed by atoms with E-state index in [0.717, 1.165) is 24.8 Å². The number of aldehydes is 1. The van der Waals surface area contributed by atoms with Gasteiger partial charge < -0.3 is 20.2 Å².